The molecule has 0 radical (unpaired) electrons. The van der Waals surface area contributed by atoms with E-state index >= 15 is 0 Å². The number of phenols is 2. The van der Waals surface area contributed by atoms with Crippen molar-refractivity contribution in [2.75, 3.05) is 63.0 Å². The molecule has 3 aliphatic rings. The molecule has 0 amide bonds. The molecule has 2 aromatic carbocycles. The average Bonchev–Trinajstić information content (AvgIpc) is 2.90. The number of aromatic hydroxyl groups is 2. The summed E-state index contributed by atoms with van der Waals surface area (Å²) in [6.07, 6.45) is 7.38. The van der Waals surface area contributed by atoms with Crippen LogP contribution in [0.1, 0.15) is 70.4 Å². The number of fused-ring (bicyclic) bond motifs is 2. The molecule has 4 N–H and O–H groups in total. The Kier molecular flexibility index (Phi) is 7.43. The van der Waals surface area contributed by atoms with E-state index in [2.05, 4.69) is 20.4 Å². The van der Waals surface area contributed by atoms with E-state index in [1.807, 2.05) is 12.1 Å². The average molecular weight is 493 g/mol. The molecule has 0 saturated carbocycles. The van der Waals surface area contributed by atoms with Gasteiger partial charge in [0.2, 0.25) is 11.6 Å². The number of hydrogen-bond acceptors (Lipinski definition) is 8. The van der Waals surface area contributed by atoms with E-state index < -0.39 is 11.6 Å². The van der Waals surface area contributed by atoms with E-state index in [-0.39, 0.29) is 33.8 Å². The summed E-state index contributed by atoms with van der Waals surface area (Å²) in [5, 5.41) is 27.7. The van der Waals surface area contributed by atoms with Crippen molar-refractivity contribution in [1.82, 2.24) is 9.80 Å². The highest BCUT2D eigenvalue weighted by Crippen LogP contribution is 2.42. The molecule has 5 rings (SSSR count). The lowest BCUT2D eigenvalue weighted by Crippen LogP contribution is -2.34. The van der Waals surface area contributed by atoms with E-state index in [0.29, 0.717) is 24.5 Å². The van der Waals surface area contributed by atoms with Crippen molar-refractivity contribution in [3.05, 3.63) is 46.5 Å². The van der Waals surface area contributed by atoms with Crippen LogP contribution in [0.15, 0.2) is 24.3 Å². The number of nitrogens with zero attached hydrogens (tertiary/aromatic N) is 2. The number of anilines is 2. The molecular weight excluding hydrogens is 456 g/mol. The molecule has 0 unspecified atom stereocenters. The number of piperidine rings is 2. The minimum atomic E-state index is -0.451. The van der Waals surface area contributed by atoms with Crippen molar-refractivity contribution in [3.63, 3.8) is 0 Å². The van der Waals surface area contributed by atoms with Gasteiger partial charge in [0.15, 0.2) is 0 Å². The largest absolute Gasteiger partial charge is 0.507 e. The number of carbonyl (C=O) groups is 2. The molecule has 2 aromatic rings. The summed E-state index contributed by atoms with van der Waals surface area (Å²) in [6, 6.07) is 6.20. The van der Waals surface area contributed by atoms with Gasteiger partial charge in [0, 0.05) is 37.6 Å². The third-order valence-electron chi connectivity index (χ3n) is 7.66. The fourth-order valence-corrected chi connectivity index (χ4v) is 5.72. The van der Waals surface area contributed by atoms with Crippen LogP contribution in [0.2, 0.25) is 0 Å². The van der Waals surface area contributed by atoms with E-state index in [4.69, 9.17) is 0 Å². The first-order chi connectivity index (χ1) is 17.5. The molecule has 192 valence electrons. The lowest BCUT2D eigenvalue weighted by atomic mass is 9.81. The van der Waals surface area contributed by atoms with Gasteiger partial charge in [-0.2, -0.15) is 0 Å². The van der Waals surface area contributed by atoms with Gasteiger partial charge in [-0.3, -0.25) is 9.59 Å². The first kappa shape index (κ1) is 24.6. The Balaban J connectivity index is 1.42. The maximum Gasteiger partial charge on any atom is 0.200 e. The molecule has 8 nitrogen and oxygen atoms in total. The van der Waals surface area contributed by atoms with Gasteiger partial charge in [0.05, 0.1) is 22.3 Å². The Morgan fingerprint density at radius 3 is 1.36 bits per heavy atom. The SMILES string of the molecule is O=C1c2c(O)ccc(O)c2C(=O)c2c(NCCN3CCCCC3)ccc(NCCN3CCCCC3)c21. The highest BCUT2D eigenvalue weighted by molar-refractivity contribution is 6.33. The normalized spacial score (nSPS) is 18.6. The number of rotatable bonds is 8. The van der Waals surface area contributed by atoms with Crippen LogP contribution in [-0.4, -0.2) is 83.9 Å². The predicted octanol–water partition coefficient (Wildman–Crippen LogP) is 3.67. The minimum Gasteiger partial charge on any atom is -0.507 e. The maximum absolute atomic E-state index is 13.7. The Morgan fingerprint density at radius 2 is 0.972 bits per heavy atom. The Hall–Kier alpha value is -3.10. The number of likely N-dealkylation sites (tertiary alicyclic amines) is 2. The van der Waals surface area contributed by atoms with Crippen molar-refractivity contribution in [2.45, 2.75) is 38.5 Å². The van der Waals surface area contributed by atoms with Crippen LogP contribution >= 0.6 is 0 Å². The van der Waals surface area contributed by atoms with E-state index in [1.165, 1.54) is 50.7 Å². The van der Waals surface area contributed by atoms with Crippen LogP contribution in [-0.2, 0) is 0 Å². The molecule has 2 fully saturated rings. The molecule has 36 heavy (non-hydrogen) atoms. The molecule has 2 aliphatic heterocycles. The van der Waals surface area contributed by atoms with Crippen molar-refractivity contribution in [3.8, 4) is 11.5 Å². The molecular formula is C28H36N4O4. The van der Waals surface area contributed by atoms with E-state index in [0.717, 1.165) is 39.3 Å². The standard InChI is InChI=1S/C28H36N4O4/c33-21-9-10-22(34)26-25(21)27(35)23-19(29-11-17-31-13-3-1-4-14-31)7-8-20(24(23)28(26)36)30-12-18-32-15-5-2-6-16-32/h7-10,29-30,33-34H,1-6,11-18H2. The van der Waals surface area contributed by atoms with Gasteiger partial charge in [-0.15, -0.1) is 0 Å². The lowest BCUT2D eigenvalue weighted by Gasteiger charge is -2.28. The van der Waals surface area contributed by atoms with Gasteiger partial charge < -0.3 is 30.6 Å². The number of benzene rings is 2. The van der Waals surface area contributed by atoms with Crippen LogP contribution < -0.4 is 10.6 Å². The van der Waals surface area contributed by atoms with E-state index in [9.17, 15) is 19.8 Å². The van der Waals surface area contributed by atoms with Crippen molar-refractivity contribution < 1.29 is 19.8 Å². The van der Waals surface area contributed by atoms with Gasteiger partial charge in [0.1, 0.15) is 11.5 Å². The summed E-state index contributed by atoms with van der Waals surface area (Å²) < 4.78 is 0. The second kappa shape index (κ2) is 10.9. The van der Waals surface area contributed by atoms with Crippen molar-refractivity contribution >= 4 is 22.9 Å². The highest BCUT2D eigenvalue weighted by Gasteiger charge is 2.38. The monoisotopic (exact) mass is 492 g/mol. The molecule has 2 saturated heterocycles. The van der Waals surface area contributed by atoms with Gasteiger partial charge >= 0.3 is 0 Å². The second-order valence-electron chi connectivity index (χ2n) is 10.1. The number of carbonyl (C=O) groups excluding carboxylic acids is 2. The fraction of sp³-hybridized carbons (Fsp3) is 0.500. The van der Waals surface area contributed by atoms with Crippen LogP contribution in [0.25, 0.3) is 0 Å². The number of hydrogen-bond donors (Lipinski definition) is 4. The zero-order valence-corrected chi connectivity index (χ0v) is 20.8. The summed E-state index contributed by atoms with van der Waals surface area (Å²) in [4.78, 5) is 32.2. The number of nitrogens with one attached hydrogen (secondary N) is 2. The minimum absolute atomic E-state index is 0.128. The number of ketones is 2. The lowest BCUT2D eigenvalue weighted by molar-refractivity contribution is 0.0975. The molecule has 0 spiro atoms. The third kappa shape index (κ3) is 4.92. The molecule has 1 aliphatic carbocycles. The molecule has 0 atom stereocenters. The maximum atomic E-state index is 13.7. The van der Waals surface area contributed by atoms with Crippen LogP contribution in [0.5, 0.6) is 11.5 Å². The Labute approximate surface area is 212 Å². The van der Waals surface area contributed by atoms with Crippen LogP contribution in [0.4, 0.5) is 11.4 Å². The van der Waals surface area contributed by atoms with Gasteiger partial charge in [-0.25, -0.2) is 0 Å². The van der Waals surface area contributed by atoms with Gasteiger partial charge in [0.25, 0.3) is 0 Å². The van der Waals surface area contributed by atoms with E-state index in [1.54, 1.807) is 0 Å². The first-order valence-corrected chi connectivity index (χ1v) is 13.3. The summed E-state index contributed by atoms with van der Waals surface area (Å²) in [6.45, 7) is 7.33. The molecule has 0 bridgehead atoms. The van der Waals surface area contributed by atoms with Crippen LogP contribution in [0.3, 0.4) is 0 Å². The summed E-state index contributed by atoms with van der Waals surface area (Å²) in [5.74, 6) is -1.50. The predicted molar refractivity (Wildman–Crippen MR) is 141 cm³/mol. The summed E-state index contributed by atoms with van der Waals surface area (Å²) in [5.41, 5.74) is 1.42. The van der Waals surface area contributed by atoms with Gasteiger partial charge in [-0.1, -0.05) is 12.8 Å². The molecule has 8 heteroatoms. The van der Waals surface area contributed by atoms with Gasteiger partial charge in [-0.05, 0) is 76.1 Å². The van der Waals surface area contributed by atoms with Crippen molar-refractivity contribution in [1.29, 1.82) is 0 Å². The second-order valence-corrected chi connectivity index (χ2v) is 10.1. The fourth-order valence-electron chi connectivity index (χ4n) is 5.72. The zero-order valence-electron chi connectivity index (χ0n) is 20.8. The smallest absolute Gasteiger partial charge is 0.200 e. The molecule has 0 aromatic heterocycles. The summed E-state index contributed by atoms with van der Waals surface area (Å²) >= 11 is 0. The Morgan fingerprint density at radius 1 is 0.583 bits per heavy atom. The van der Waals surface area contributed by atoms with Crippen LogP contribution in [0, 0.1) is 0 Å². The first-order valence-electron chi connectivity index (χ1n) is 13.3. The Bertz CT molecular complexity index is 1050. The topological polar surface area (TPSA) is 105 Å². The summed E-state index contributed by atoms with van der Waals surface area (Å²) in [7, 11) is 0. The third-order valence-corrected chi connectivity index (χ3v) is 7.66. The quantitative estimate of drug-likeness (QED) is 0.353. The molecule has 2 heterocycles. The highest BCUT2D eigenvalue weighted by atomic mass is 16.3. The van der Waals surface area contributed by atoms with Crippen molar-refractivity contribution in [2.24, 2.45) is 0 Å². The zero-order chi connectivity index (χ0) is 25.1. The number of phenolic OH excluding ortho intramolecular Hbond substituents is 2.